The topological polar surface area (TPSA) is 56.8 Å². The monoisotopic (exact) mass is 317 g/mol. The Kier molecular flexibility index (Phi) is 5.32. The summed E-state index contributed by atoms with van der Waals surface area (Å²) in [4.78, 5) is 11.7. The second-order valence-corrected chi connectivity index (χ2v) is 5.19. The first-order chi connectivity index (χ1) is 11.0. The lowest BCUT2D eigenvalue weighted by Gasteiger charge is -2.17. The second kappa shape index (κ2) is 7.22. The average molecular weight is 317 g/mol. The number of hydrogen-bond donors (Lipinski definition) is 1. The van der Waals surface area contributed by atoms with E-state index in [4.69, 9.17) is 14.2 Å². The molecule has 2 rings (SSSR count). The molecule has 5 nitrogen and oxygen atoms in total. The van der Waals surface area contributed by atoms with Crippen LogP contribution >= 0.6 is 0 Å². The lowest BCUT2D eigenvalue weighted by Crippen LogP contribution is -2.22. The number of hydrogen-bond acceptors (Lipinski definition) is 4. The van der Waals surface area contributed by atoms with Crippen molar-refractivity contribution < 1.29 is 19.0 Å². The van der Waals surface area contributed by atoms with E-state index in [0.717, 1.165) is 21.9 Å². The summed E-state index contributed by atoms with van der Waals surface area (Å²) < 4.78 is 16.9. The van der Waals surface area contributed by atoms with Crippen LogP contribution in [0.1, 0.15) is 25.0 Å². The number of carbonyl (C=O) groups excluding carboxylic acids is 1. The van der Waals surface area contributed by atoms with Gasteiger partial charge in [-0.2, -0.15) is 0 Å². The lowest BCUT2D eigenvalue weighted by atomic mass is 10.0. The van der Waals surface area contributed by atoms with Gasteiger partial charge in [-0.3, -0.25) is 0 Å². The van der Waals surface area contributed by atoms with Crippen LogP contribution in [0.25, 0.3) is 10.8 Å². The van der Waals surface area contributed by atoms with Crippen molar-refractivity contribution in [2.24, 2.45) is 0 Å². The van der Waals surface area contributed by atoms with Gasteiger partial charge < -0.3 is 19.5 Å². The van der Waals surface area contributed by atoms with Gasteiger partial charge in [0.05, 0.1) is 13.2 Å². The fourth-order valence-electron chi connectivity index (χ4n) is 2.39. The smallest absolute Gasteiger partial charge is 0.412 e. The highest BCUT2D eigenvalue weighted by atomic mass is 16.6. The van der Waals surface area contributed by atoms with Gasteiger partial charge in [-0.1, -0.05) is 0 Å². The molecule has 0 saturated heterocycles. The Bertz CT molecular complexity index is 725. The summed E-state index contributed by atoms with van der Waals surface area (Å²) in [6.45, 7) is 8.91. The molecule has 1 N–H and O–H groups in total. The molecule has 0 aliphatic heterocycles. The van der Waals surface area contributed by atoms with E-state index < -0.39 is 6.09 Å². The van der Waals surface area contributed by atoms with E-state index in [1.54, 1.807) is 6.07 Å². The standard InChI is InChI=1S/C18H23NO4/c1-6-21-16-10-15(23-18(20)19-5)13-8-11(3)12(4)9-14(13)17(16)22-7-2/h8-10H,6-7H2,1-5H3,(H,19,20). The zero-order valence-electron chi connectivity index (χ0n) is 14.3. The highest BCUT2D eigenvalue weighted by Crippen LogP contribution is 2.42. The maximum atomic E-state index is 11.7. The van der Waals surface area contributed by atoms with Crippen molar-refractivity contribution in [3.05, 3.63) is 29.3 Å². The first-order valence-corrected chi connectivity index (χ1v) is 7.74. The fraction of sp³-hybridized carbons (Fsp3) is 0.389. The lowest BCUT2D eigenvalue weighted by molar-refractivity contribution is 0.203. The number of carbonyl (C=O) groups is 1. The number of ether oxygens (including phenoxy) is 3. The molecule has 0 aliphatic carbocycles. The molecule has 0 saturated carbocycles. The molecular weight excluding hydrogens is 294 g/mol. The van der Waals surface area contributed by atoms with Crippen molar-refractivity contribution in [3.63, 3.8) is 0 Å². The molecule has 0 spiro atoms. The molecule has 124 valence electrons. The molecule has 2 aromatic rings. The van der Waals surface area contributed by atoms with Crippen LogP contribution in [0.3, 0.4) is 0 Å². The van der Waals surface area contributed by atoms with Crippen molar-refractivity contribution in [3.8, 4) is 17.2 Å². The van der Waals surface area contributed by atoms with Crippen LogP contribution in [-0.4, -0.2) is 26.4 Å². The zero-order chi connectivity index (χ0) is 17.0. The predicted octanol–water partition coefficient (Wildman–Crippen LogP) is 3.97. The Morgan fingerprint density at radius 1 is 0.957 bits per heavy atom. The summed E-state index contributed by atoms with van der Waals surface area (Å²) in [5, 5.41) is 4.16. The van der Waals surface area contributed by atoms with Crippen molar-refractivity contribution in [2.75, 3.05) is 20.3 Å². The normalized spacial score (nSPS) is 10.5. The SMILES string of the molecule is CCOc1cc(OC(=O)NC)c2cc(C)c(C)cc2c1OCC. The van der Waals surface area contributed by atoms with Crippen molar-refractivity contribution >= 4 is 16.9 Å². The van der Waals surface area contributed by atoms with Gasteiger partial charge in [-0.15, -0.1) is 0 Å². The summed E-state index contributed by atoms with van der Waals surface area (Å²) in [5.74, 6) is 1.70. The van der Waals surface area contributed by atoms with E-state index in [2.05, 4.69) is 5.32 Å². The van der Waals surface area contributed by atoms with Gasteiger partial charge in [0, 0.05) is 23.9 Å². The Hall–Kier alpha value is -2.43. The van der Waals surface area contributed by atoms with Gasteiger partial charge >= 0.3 is 6.09 Å². The van der Waals surface area contributed by atoms with E-state index in [1.807, 2.05) is 39.8 Å². The minimum atomic E-state index is -0.517. The molecule has 0 unspecified atom stereocenters. The van der Waals surface area contributed by atoms with Crippen molar-refractivity contribution in [1.29, 1.82) is 0 Å². The first-order valence-electron chi connectivity index (χ1n) is 7.74. The third-order valence-corrected chi connectivity index (χ3v) is 3.63. The number of amides is 1. The zero-order valence-corrected chi connectivity index (χ0v) is 14.3. The molecule has 0 aromatic heterocycles. The van der Waals surface area contributed by atoms with Crippen LogP contribution in [0.4, 0.5) is 4.79 Å². The van der Waals surface area contributed by atoms with Crippen molar-refractivity contribution in [1.82, 2.24) is 5.32 Å². The van der Waals surface area contributed by atoms with Gasteiger partial charge in [0.1, 0.15) is 5.75 Å². The Morgan fingerprint density at radius 2 is 1.57 bits per heavy atom. The van der Waals surface area contributed by atoms with Gasteiger partial charge in [-0.05, 0) is 51.0 Å². The number of fused-ring (bicyclic) bond motifs is 1. The molecule has 0 radical (unpaired) electrons. The summed E-state index contributed by atoms with van der Waals surface area (Å²) in [6, 6.07) is 5.75. The van der Waals surface area contributed by atoms with E-state index in [0.29, 0.717) is 30.5 Å². The fourth-order valence-corrected chi connectivity index (χ4v) is 2.39. The Balaban J connectivity index is 2.75. The van der Waals surface area contributed by atoms with Crippen LogP contribution in [0.15, 0.2) is 18.2 Å². The molecule has 0 bridgehead atoms. The summed E-state index contributed by atoms with van der Waals surface area (Å²) in [5.41, 5.74) is 2.25. The average Bonchev–Trinajstić information content (AvgIpc) is 2.52. The van der Waals surface area contributed by atoms with Crippen molar-refractivity contribution in [2.45, 2.75) is 27.7 Å². The van der Waals surface area contributed by atoms with Crippen LogP contribution in [0, 0.1) is 13.8 Å². The third kappa shape index (κ3) is 3.50. The van der Waals surface area contributed by atoms with E-state index >= 15 is 0 Å². The molecule has 23 heavy (non-hydrogen) atoms. The van der Waals surface area contributed by atoms with Crippen LogP contribution in [0.5, 0.6) is 17.2 Å². The number of benzene rings is 2. The molecule has 2 aromatic carbocycles. The minimum Gasteiger partial charge on any atom is -0.490 e. The Morgan fingerprint density at radius 3 is 2.13 bits per heavy atom. The summed E-state index contributed by atoms with van der Waals surface area (Å²) in [7, 11) is 1.53. The van der Waals surface area contributed by atoms with Gasteiger partial charge in [0.15, 0.2) is 11.5 Å². The number of rotatable bonds is 5. The first kappa shape index (κ1) is 16.9. The third-order valence-electron chi connectivity index (χ3n) is 3.63. The molecule has 0 aliphatic rings. The quantitative estimate of drug-likeness (QED) is 0.906. The molecular formula is C18H23NO4. The molecule has 0 atom stereocenters. The number of nitrogens with one attached hydrogen (secondary N) is 1. The largest absolute Gasteiger partial charge is 0.490 e. The van der Waals surface area contributed by atoms with Crippen LogP contribution in [-0.2, 0) is 0 Å². The Labute approximate surface area is 136 Å². The maximum absolute atomic E-state index is 11.7. The van der Waals surface area contributed by atoms with E-state index in [1.165, 1.54) is 7.05 Å². The summed E-state index contributed by atoms with van der Waals surface area (Å²) in [6.07, 6.45) is -0.517. The van der Waals surface area contributed by atoms with Crippen LogP contribution in [0.2, 0.25) is 0 Å². The van der Waals surface area contributed by atoms with Gasteiger partial charge in [0.2, 0.25) is 0 Å². The maximum Gasteiger partial charge on any atom is 0.412 e. The van der Waals surface area contributed by atoms with E-state index in [-0.39, 0.29) is 0 Å². The predicted molar refractivity (Wildman–Crippen MR) is 90.8 cm³/mol. The molecule has 0 fully saturated rings. The van der Waals surface area contributed by atoms with E-state index in [9.17, 15) is 4.79 Å². The number of aryl methyl sites for hydroxylation is 2. The molecule has 0 heterocycles. The summed E-state index contributed by atoms with van der Waals surface area (Å²) >= 11 is 0. The highest BCUT2D eigenvalue weighted by molar-refractivity contribution is 5.97. The molecule has 5 heteroatoms. The van der Waals surface area contributed by atoms with Crippen LogP contribution < -0.4 is 19.5 Å². The second-order valence-electron chi connectivity index (χ2n) is 5.19. The van der Waals surface area contributed by atoms with Gasteiger partial charge in [-0.25, -0.2) is 4.79 Å². The highest BCUT2D eigenvalue weighted by Gasteiger charge is 2.18. The molecule has 1 amide bonds. The minimum absolute atomic E-state index is 0.453. The van der Waals surface area contributed by atoms with Gasteiger partial charge in [0.25, 0.3) is 0 Å².